The van der Waals surface area contributed by atoms with Crippen molar-refractivity contribution in [2.45, 2.75) is 32.6 Å². The molecule has 1 aromatic rings. The normalized spacial score (nSPS) is 13.8. The standard InChI is InChI=1S/C12H15NO/c1-2-12(14)13-11-7-6-9-4-3-5-10(9)8-11/h6-8H,2-5H2,1H3,(H,13,14). The number of fused-ring (bicyclic) bond motifs is 1. The number of anilines is 1. The van der Waals surface area contributed by atoms with Gasteiger partial charge in [0.25, 0.3) is 0 Å². The van der Waals surface area contributed by atoms with Gasteiger partial charge in [-0.2, -0.15) is 0 Å². The molecule has 0 saturated carbocycles. The highest BCUT2D eigenvalue weighted by Crippen LogP contribution is 2.24. The van der Waals surface area contributed by atoms with Gasteiger partial charge in [-0.1, -0.05) is 13.0 Å². The molecule has 0 spiro atoms. The van der Waals surface area contributed by atoms with Crippen LogP contribution in [0.1, 0.15) is 30.9 Å². The van der Waals surface area contributed by atoms with Gasteiger partial charge in [-0.3, -0.25) is 4.79 Å². The first-order valence-electron chi connectivity index (χ1n) is 5.21. The lowest BCUT2D eigenvalue weighted by molar-refractivity contribution is -0.115. The van der Waals surface area contributed by atoms with E-state index in [2.05, 4.69) is 17.4 Å². The topological polar surface area (TPSA) is 29.1 Å². The number of benzene rings is 1. The van der Waals surface area contributed by atoms with E-state index in [0.29, 0.717) is 6.42 Å². The van der Waals surface area contributed by atoms with Crippen molar-refractivity contribution in [3.05, 3.63) is 29.3 Å². The Labute approximate surface area is 84.3 Å². The molecule has 1 N–H and O–H groups in total. The molecule has 0 fully saturated rings. The van der Waals surface area contributed by atoms with Gasteiger partial charge in [0.2, 0.25) is 5.91 Å². The maximum atomic E-state index is 11.2. The number of hydrogen-bond acceptors (Lipinski definition) is 1. The lowest BCUT2D eigenvalue weighted by atomic mass is 10.1. The second-order valence-corrected chi connectivity index (χ2v) is 3.74. The smallest absolute Gasteiger partial charge is 0.224 e. The monoisotopic (exact) mass is 189 g/mol. The molecule has 2 heteroatoms. The zero-order chi connectivity index (χ0) is 9.97. The summed E-state index contributed by atoms with van der Waals surface area (Å²) < 4.78 is 0. The Hall–Kier alpha value is -1.31. The average Bonchev–Trinajstić information content (AvgIpc) is 2.64. The first kappa shape index (κ1) is 9.25. The molecule has 1 aliphatic rings. The van der Waals surface area contributed by atoms with Crippen LogP contribution in [0.4, 0.5) is 5.69 Å². The van der Waals surface area contributed by atoms with Crippen molar-refractivity contribution in [1.82, 2.24) is 0 Å². The van der Waals surface area contributed by atoms with Gasteiger partial charge in [-0.25, -0.2) is 0 Å². The van der Waals surface area contributed by atoms with Crippen molar-refractivity contribution in [3.63, 3.8) is 0 Å². The molecule has 74 valence electrons. The Balaban J connectivity index is 2.16. The largest absolute Gasteiger partial charge is 0.326 e. The van der Waals surface area contributed by atoms with Crippen LogP contribution in [0.5, 0.6) is 0 Å². The van der Waals surface area contributed by atoms with Crippen molar-refractivity contribution >= 4 is 11.6 Å². The summed E-state index contributed by atoms with van der Waals surface area (Å²) in [6.45, 7) is 1.86. The van der Waals surface area contributed by atoms with Crippen molar-refractivity contribution in [2.24, 2.45) is 0 Å². The third-order valence-electron chi connectivity index (χ3n) is 2.70. The van der Waals surface area contributed by atoms with Crippen LogP contribution in [0.2, 0.25) is 0 Å². The van der Waals surface area contributed by atoms with Gasteiger partial charge in [-0.05, 0) is 42.5 Å². The number of hydrogen-bond donors (Lipinski definition) is 1. The number of aryl methyl sites for hydroxylation is 2. The fourth-order valence-corrected chi connectivity index (χ4v) is 1.90. The lowest BCUT2D eigenvalue weighted by Gasteiger charge is -2.05. The molecule has 1 aliphatic carbocycles. The van der Waals surface area contributed by atoms with Gasteiger partial charge < -0.3 is 5.32 Å². The van der Waals surface area contributed by atoms with Gasteiger partial charge in [0.15, 0.2) is 0 Å². The van der Waals surface area contributed by atoms with Crippen molar-refractivity contribution < 1.29 is 4.79 Å². The van der Waals surface area contributed by atoms with E-state index in [1.807, 2.05) is 13.0 Å². The minimum absolute atomic E-state index is 0.0861. The predicted molar refractivity (Wildman–Crippen MR) is 57.4 cm³/mol. The summed E-state index contributed by atoms with van der Waals surface area (Å²) >= 11 is 0. The number of nitrogens with one attached hydrogen (secondary N) is 1. The van der Waals surface area contributed by atoms with Gasteiger partial charge >= 0.3 is 0 Å². The van der Waals surface area contributed by atoms with Crippen LogP contribution < -0.4 is 5.32 Å². The summed E-state index contributed by atoms with van der Waals surface area (Å²) in [5, 5.41) is 2.88. The number of amides is 1. The Morgan fingerprint density at radius 1 is 1.36 bits per heavy atom. The molecule has 0 radical (unpaired) electrons. The first-order chi connectivity index (χ1) is 6.79. The minimum Gasteiger partial charge on any atom is -0.326 e. The van der Waals surface area contributed by atoms with Crippen molar-refractivity contribution in [2.75, 3.05) is 5.32 Å². The molecule has 0 aromatic heterocycles. The summed E-state index contributed by atoms with van der Waals surface area (Å²) in [5.74, 6) is 0.0861. The summed E-state index contributed by atoms with van der Waals surface area (Å²) in [6.07, 6.45) is 4.14. The summed E-state index contributed by atoms with van der Waals surface area (Å²) in [7, 11) is 0. The maximum Gasteiger partial charge on any atom is 0.224 e. The SMILES string of the molecule is CCC(=O)Nc1ccc2c(c1)CCC2. The Bertz CT molecular complexity index is 357. The fourth-order valence-electron chi connectivity index (χ4n) is 1.90. The zero-order valence-corrected chi connectivity index (χ0v) is 8.47. The van der Waals surface area contributed by atoms with Gasteiger partial charge in [-0.15, -0.1) is 0 Å². The average molecular weight is 189 g/mol. The van der Waals surface area contributed by atoms with Crippen LogP contribution in [0.15, 0.2) is 18.2 Å². The highest BCUT2D eigenvalue weighted by molar-refractivity contribution is 5.90. The highest BCUT2D eigenvalue weighted by Gasteiger charge is 2.11. The third kappa shape index (κ3) is 1.79. The molecule has 0 atom stereocenters. The van der Waals surface area contributed by atoms with Crippen LogP contribution >= 0.6 is 0 Å². The molecule has 2 rings (SSSR count). The fraction of sp³-hybridized carbons (Fsp3) is 0.417. The molecule has 1 amide bonds. The summed E-state index contributed by atoms with van der Waals surface area (Å²) in [4.78, 5) is 11.2. The highest BCUT2D eigenvalue weighted by atomic mass is 16.1. The third-order valence-corrected chi connectivity index (χ3v) is 2.70. The molecular weight excluding hydrogens is 174 g/mol. The molecule has 14 heavy (non-hydrogen) atoms. The number of carbonyl (C=O) groups excluding carboxylic acids is 1. The molecular formula is C12H15NO. The second kappa shape index (κ2) is 3.82. The van der Waals surface area contributed by atoms with E-state index in [1.165, 1.54) is 24.0 Å². The van der Waals surface area contributed by atoms with Crippen LogP contribution in [0, 0.1) is 0 Å². The Morgan fingerprint density at radius 3 is 2.93 bits per heavy atom. The van der Waals surface area contributed by atoms with Crippen LogP contribution in [-0.2, 0) is 17.6 Å². The van der Waals surface area contributed by atoms with E-state index < -0.39 is 0 Å². The van der Waals surface area contributed by atoms with Crippen molar-refractivity contribution in [1.29, 1.82) is 0 Å². The summed E-state index contributed by atoms with van der Waals surface area (Å²) in [5.41, 5.74) is 3.79. The Morgan fingerprint density at radius 2 is 2.14 bits per heavy atom. The second-order valence-electron chi connectivity index (χ2n) is 3.74. The predicted octanol–water partition coefficient (Wildman–Crippen LogP) is 2.52. The van der Waals surface area contributed by atoms with Gasteiger partial charge in [0, 0.05) is 12.1 Å². The first-order valence-corrected chi connectivity index (χ1v) is 5.21. The summed E-state index contributed by atoms with van der Waals surface area (Å²) in [6, 6.07) is 6.24. The number of rotatable bonds is 2. The van der Waals surface area contributed by atoms with E-state index in [9.17, 15) is 4.79 Å². The zero-order valence-electron chi connectivity index (χ0n) is 8.47. The van der Waals surface area contributed by atoms with E-state index >= 15 is 0 Å². The van der Waals surface area contributed by atoms with Gasteiger partial charge in [0.05, 0.1) is 0 Å². The molecule has 2 nitrogen and oxygen atoms in total. The maximum absolute atomic E-state index is 11.2. The van der Waals surface area contributed by atoms with Crippen LogP contribution in [-0.4, -0.2) is 5.91 Å². The quantitative estimate of drug-likeness (QED) is 0.761. The van der Waals surface area contributed by atoms with E-state index in [0.717, 1.165) is 12.1 Å². The molecule has 1 aromatic carbocycles. The van der Waals surface area contributed by atoms with E-state index in [1.54, 1.807) is 0 Å². The lowest BCUT2D eigenvalue weighted by Crippen LogP contribution is -2.09. The van der Waals surface area contributed by atoms with Crippen LogP contribution in [0.3, 0.4) is 0 Å². The molecule has 0 heterocycles. The molecule has 0 aliphatic heterocycles. The molecule has 0 bridgehead atoms. The molecule has 0 saturated heterocycles. The molecule has 0 unspecified atom stereocenters. The van der Waals surface area contributed by atoms with Gasteiger partial charge in [0.1, 0.15) is 0 Å². The van der Waals surface area contributed by atoms with E-state index in [4.69, 9.17) is 0 Å². The minimum atomic E-state index is 0.0861. The van der Waals surface area contributed by atoms with Crippen molar-refractivity contribution in [3.8, 4) is 0 Å². The van der Waals surface area contributed by atoms with E-state index in [-0.39, 0.29) is 5.91 Å². The number of carbonyl (C=O) groups is 1. The Kier molecular flexibility index (Phi) is 2.53. The van der Waals surface area contributed by atoms with Crippen LogP contribution in [0.25, 0.3) is 0 Å².